The van der Waals surface area contributed by atoms with Crippen LogP contribution in [0.5, 0.6) is 0 Å². The lowest BCUT2D eigenvalue weighted by Crippen LogP contribution is -2.61. The van der Waals surface area contributed by atoms with Gasteiger partial charge < -0.3 is 83.9 Å². The molecule has 556 valence electrons. The predicted octanol–water partition coefficient (Wildman–Crippen LogP) is 6.52. The number of methoxy groups -OCH3 is 3. The summed E-state index contributed by atoms with van der Waals surface area (Å²) in [5.41, 5.74) is 8.36. The number of aliphatic hydroxyl groups excluding tert-OH is 2. The molecule has 2 bridgehead atoms. The van der Waals surface area contributed by atoms with Gasteiger partial charge in [-0.05, 0) is 114 Å². The quantitative estimate of drug-likeness (QED) is 0.0432. The van der Waals surface area contributed by atoms with E-state index in [1.165, 1.54) is 23.1 Å². The number of cyclic esters (lactones) is 1. The Hall–Kier alpha value is -6.82. The van der Waals surface area contributed by atoms with Crippen molar-refractivity contribution in [2.24, 2.45) is 35.5 Å². The number of carbonyl (C=O) groups excluding carboxylic acids is 6. The van der Waals surface area contributed by atoms with Crippen molar-refractivity contribution in [3.8, 4) is 0 Å². The SMILES string of the molecule is CCOCCOCCN(C)C(=O)c1cnc(N2CCN(c3ncc(CNC(=O)O[C@@H]4CC[C@@H](C[C@@H](C)[C@@H]5C[C@@H](OC)[C@H](C)/C=C(\C)[C@@H](O)[C@@H](O)C(=O)[C@H](C)C[C@H](C)/C=C/C=C/C=C(\C)[C@@H](OC)C[C@@H]6CC[C@@H](C)[C@@](O)(O6)C(=O)C(=O)N6CCCC[C@H]6C(=O)O5)C[C@H]4OC)cn3)CC2)nc1N. The maximum atomic E-state index is 14.9. The lowest BCUT2D eigenvalue weighted by molar-refractivity contribution is -0.265. The third kappa shape index (κ3) is 22.1. The number of amides is 3. The number of allylic oxidation sites excluding steroid dienone is 5. The van der Waals surface area contributed by atoms with Gasteiger partial charge in [-0.15, -0.1) is 0 Å². The number of ether oxygens (including phenoxy) is 8. The summed E-state index contributed by atoms with van der Waals surface area (Å²) in [5, 5.41) is 37.8. The first kappa shape index (κ1) is 80.5. The van der Waals surface area contributed by atoms with Crippen LogP contribution in [0, 0.1) is 35.5 Å². The maximum absolute atomic E-state index is 14.9. The van der Waals surface area contributed by atoms with E-state index < -0.39 is 108 Å². The second-order valence-corrected chi connectivity index (χ2v) is 27.9. The Morgan fingerprint density at radius 3 is 2.15 bits per heavy atom. The monoisotopic (exact) mass is 1400 g/mol. The normalized spacial score (nSPS) is 31.9. The summed E-state index contributed by atoms with van der Waals surface area (Å²) in [7, 11) is 6.35. The van der Waals surface area contributed by atoms with Gasteiger partial charge in [0, 0.05) is 136 Å². The number of ketones is 2. The van der Waals surface area contributed by atoms with Crippen LogP contribution in [-0.4, -0.2) is 235 Å². The summed E-state index contributed by atoms with van der Waals surface area (Å²) in [5.74, 6) is -7.23. The number of nitrogens with one attached hydrogen (secondary N) is 1. The minimum Gasteiger partial charge on any atom is -0.460 e. The highest BCUT2D eigenvalue weighted by Crippen LogP contribution is 2.39. The van der Waals surface area contributed by atoms with Gasteiger partial charge in [0.05, 0.1) is 44.2 Å². The highest BCUT2D eigenvalue weighted by Gasteiger charge is 2.53. The number of rotatable bonds is 19. The van der Waals surface area contributed by atoms with Crippen molar-refractivity contribution in [3.05, 3.63) is 77.3 Å². The molecule has 4 fully saturated rings. The summed E-state index contributed by atoms with van der Waals surface area (Å²) in [6.45, 7) is 19.4. The molecular weight excluding hydrogens is 1290 g/mol. The van der Waals surface area contributed by atoms with Gasteiger partial charge >= 0.3 is 12.1 Å². The predicted molar refractivity (Wildman–Crippen MR) is 374 cm³/mol. The molecule has 0 radical (unpaired) electrons. The maximum Gasteiger partial charge on any atom is 0.407 e. The number of hydrogen-bond acceptors (Lipinski definition) is 24. The van der Waals surface area contributed by atoms with Gasteiger partial charge in [-0.25, -0.2) is 24.5 Å². The first-order valence-corrected chi connectivity index (χ1v) is 35.7. The van der Waals surface area contributed by atoms with E-state index in [0.29, 0.717) is 146 Å². The molecule has 6 heterocycles. The van der Waals surface area contributed by atoms with E-state index in [0.717, 1.165) is 5.57 Å². The van der Waals surface area contributed by atoms with Gasteiger partial charge in [-0.1, -0.05) is 71.1 Å². The smallest absolute Gasteiger partial charge is 0.407 e. The standard InChI is InChI=1S/C73H112N10O17/c1-13-96-33-34-97-32-31-80(9)67(88)55-44-77-71(79-66(55)74)82-29-27-81(28-30-82)70-75-41-53(42-76-70)43-78-72(91)99-57-25-23-52(38-61(57)95-12)37-48(5)60-40-59(94-11)47(4)36-50(7)63(85)64(86)62(84)49(6)35-45(2)19-15-14-16-20-46(3)58(93-10)39-54-24-22-51(8)73(92,100-54)65(87)68(89)83-26-18-17-21-56(83)69(90)98-60/h14-16,19-20,36,41-42,44-45,47-49,51-52,54,56-61,63-64,85-86,92H,13,17-18,21-35,37-40,43H2,1-12H3,(H,78,91)(H2,74,77,79)/b16-14+,19-15+,46-20+,50-36+/t45-,47-,48-,49-,51-,52+,54+,56+,57-,58+,59-,60+,61-,63-,64+,73-/m1/s1. The van der Waals surface area contributed by atoms with Crippen molar-refractivity contribution in [1.82, 2.24) is 35.1 Å². The lowest BCUT2D eigenvalue weighted by atomic mass is 9.78. The molecular formula is C73H112N10O17. The lowest BCUT2D eigenvalue weighted by Gasteiger charge is -2.43. The van der Waals surface area contributed by atoms with Crippen molar-refractivity contribution >= 4 is 53.2 Å². The van der Waals surface area contributed by atoms with Crippen LogP contribution in [0.2, 0.25) is 0 Å². The van der Waals surface area contributed by atoms with Crippen LogP contribution in [0.15, 0.2) is 66.2 Å². The number of alkyl carbamates (subject to hydrolysis) is 1. The fourth-order valence-corrected chi connectivity index (χ4v) is 14.1. The summed E-state index contributed by atoms with van der Waals surface area (Å²) < 4.78 is 47.6. The van der Waals surface area contributed by atoms with Crippen LogP contribution >= 0.6 is 0 Å². The van der Waals surface area contributed by atoms with E-state index >= 15 is 0 Å². The first-order valence-electron chi connectivity index (χ1n) is 35.7. The van der Waals surface area contributed by atoms with Crippen molar-refractivity contribution in [3.63, 3.8) is 0 Å². The fourth-order valence-electron chi connectivity index (χ4n) is 14.1. The summed E-state index contributed by atoms with van der Waals surface area (Å²) in [6.07, 6.45) is 13.8. The number of esters is 1. The third-order valence-corrected chi connectivity index (χ3v) is 20.4. The molecule has 0 unspecified atom stereocenters. The van der Waals surface area contributed by atoms with E-state index in [1.54, 1.807) is 60.5 Å². The number of piperazine rings is 1. The second kappa shape index (κ2) is 39.0. The Kier molecular flexibility index (Phi) is 31.4. The number of fused-ring (bicyclic) bond motifs is 3. The van der Waals surface area contributed by atoms with Crippen LogP contribution in [0.25, 0.3) is 0 Å². The minimum absolute atomic E-state index is 0.0190. The van der Waals surface area contributed by atoms with Crippen LogP contribution in [0.1, 0.15) is 148 Å². The largest absolute Gasteiger partial charge is 0.460 e. The second-order valence-electron chi connectivity index (χ2n) is 27.9. The van der Waals surface area contributed by atoms with Crippen LogP contribution in [0.3, 0.4) is 0 Å². The van der Waals surface area contributed by atoms with Crippen LogP contribution in [-0.2, 0) is 63.6 Å². The zero-order valence-electron chi connectivity index (χ0n) is 60.8. The van der Waals surface area contributed by atoms with E-state index in [1.807, 2.05) is 74.8 Å². The zero-order chi connectivity index (χ0) is 72.8. The van der Waals surface area contributed by atoms with E-state index in [4.69, 9.17) is 43.6 Å². The molecule has 100 heavy (non-hydrogen) atoms. The molecule has 27 nitrogen and oxygen atoms in total. The number of piperidine rings is 1. The molecule has 7 rings (SSSR count). The average molecular weight is 1400 g/mol. The van der Waals surface area contributed by atoms with Gasteiger partial charge in [0.1, 0.15) is 41.8 Å². The Morgan fingerprint density at radius 1 is 0.780 bits per heavy atom. The first-order chi connectivity index (χ1) is 47.8. The average Bonchev–Trinajstić information content (AvgIpc) is 0.775. The molecule has 0 aromatic carbocycles. The molecule has 0 spiro atoms. The van der Waals surface area contributed by atoms with Gasteiger partial charge in [0.25, 0.3) is 17.6 Å². The van der Waals surface area contributed by atoms with Crippen molar-refractivity contribution in [2.45, 2.75) is 200 Å². The molecule has 27 heteroatoms. The Labute approximate surface area is 589 Å². The number of Topliss-reactive ketones (excluding diaryl/α,β-unsaturated/α-hetero) is 2. The molecule has 4 aliphatic heterocycles. The zero-order valence-corrected chi connectivity index (χ0v) is 60.8. The number of nitrogen functional groups attached to an aromatic ring is 1. The Balaban J connectivity index is 0.983. The highest BCUT2D eigenvalue weighted by atomic mass is 16.6. The highest BCUT2D eigenvalue weighted by molar-refractivity contribution is 6.39. The molecule has 16 atom stereocenters. The van der Waals surface area contributed by atoms with E-state index in [2.05, 4.69) is 25.3 Å². The number of likely N-dealkylation sites (N-methyl/N-ethyl adjacent to an activating group) is 1. The summed E-state index contributed by atoms with van der Waals surface area (Å²) in [4.78, 5) is 109. The molecule has 6 N–H and O–H groups in total. The van der Waals surface area contributed by atoms with Crippen molar-refractivity contribution < 1.29 is 82.0 Å². The molecule has 2 aromatic heterocycles. The number of carbonyl (C=O) groups is 6. The number of nitrogens with zero attached hydrogens (tertiary/aromatic N) is 8. The topological polar surface area (TPSA) is 340 Å². The minimum atomic E-state index is -2.46. The molecule has 3 saturated heterocycles. The van der Waals surface area contributed by atoms with E-state index in [-0.39, 0.29) is 61.0 Å². The Bertz CT molecular complexity index is 3130. The van der Waals surface area contributed by atoms with Gasteiger partial charge in [0.2, 0.25) is 17.7 Å². The number of nitrogens with two attached hydrogens (primary N) is 1. The fraction of sp³-hybridized carbons (Fsp3) is 0.699. The number of hydrogen-bond donors (Lipinski definition) is 5. The summed E-state index contributed by atoms with van der Waals surface area (Å²) in [6, 6.07) is -1.16. The molecule has 1 aliphatic carbocycles. The molecule has 2 aromatic rings. The molecule has 5 aliphatic rings. The van der Waals surface area contributed by atoms with E-state index in [9.17, 15) is 44.1 Å². The summed E-state index contributed by atoms with van der Waals surface area (Å²) >= 11 is 0. The molecule has 3 amide bonds. The van der Waals surface area contributed by atoms with Gasteiger partial charge in [0.15, 0.2) is 5.78 Å². The Morgan fingerprint density at radius 2 is 1.47 bits per heavy atom. The van der Waals surface area contributed by atoms with Crippen molar-refractivity contribution in [2.75, 3.05) is 110 Å². The molecule has 1 saturated carbocycles. The number of aliphatic hydroxyl groups is 3. The van der Waals surface area contributed by atoms with Crippen molar-refractivity contribution in [1.29, 1.82) is 0 Å². The number of aromatic nitrogens is 4. The van der Waals surface area contributed by atoms with Gasteiger partial charge in [-0.3, -0.25) is 19.2 Å². The number of anilines is 3. The van der Waals surface area contributed by atoms with Crippen LogP contribution < -0.4 is 20.9 Å². The third-order valence-electron chi connectivity index (χ3n) is 20.4. The van der Waals surface area contributed by atoms with Gasteiger partial charge in [-0.2, -0.15) is 4.98 Å². The van der Waals surface area contributed by atoms with Crippen LogP contribution in [0.4, 0.5) is 22.5 Å².